The van der Waals surface area contributed by atoms with Crippen LogP contribution in [0, 0.1) is 0 Å². The van der Waals surface area contributed by atoms with Gasteiger partial charge in [0, 0.05) is 12.1 Å². The lowest BCUT2D eigenvalue weighted by molar-refractivity contribution is 0.0805. The minimum absolute atomic E-state index is 0.928. The third-order valence-corrected chi connectivity index (χ3v) is 5.25. The molecule has 2 heterocycles. The quantitative estimate of drug-likeness (QED) is 0.727. The van der Waals surface area contributed by atoms with E-state index in [9.17, 15) is 0 Å². The number of likely N-dealkylation sites (tertiary alicyclic amines) is 2. The molecule has 0 aromatic carbocycles. The van der Waals surface area contributed by atoms with Gasteiger partial charge in [0.05, 0.1) is 0 Å². The second kappa shape index (κ2) is 5.71. The maximum atomic E-state index is 2.81. The highest BCUT2D eigenvalue weighted by molar-refractivity contribution is 4.85. The monoisotopic (exact) mass is 236 g/mol. The van der Waals surface area contributed by atoms with Crippen molar-refractivity contribution in [3.8, 4) is 0 Å². The summed E-state index contributed by atoms with van der Waals surface area (Å²) in [4.78, 5) is 5.57. The predicted molar refractivity (Wildman–Crippen MR) is 72.3 cm³/mol. The van der Waals surface area contributed by atoms with E-state index in [4.69, 9.17) is 0 Å². The minimum atomic E-state index is 0.928. The Labute approximate surface area is 106 Å². The van der Waals surface area contributed by atoms with Crippen LogP contribution in [0.25, 0.3) is 0 Å². The minimum Gasteiger partial charge on any atom is -0.300 e. The van der Waals surface area contributed by atoms with Crippen molar-refractivity contribution >= 4 is 0 Å². The van der Waals surface area contributed by atoms with Gasteiger partial charge in [-0.1, -0.05) is 19.3 Å². The molecule has 0 radical (unpaired) electrons. The first-order valence-corrected chi connectivity index (χ1v) is 7.91. The van der Waals surface area contributed by atoms with Crippen molar-refractivity contribution in [2.45, 2.75) is 69.9 Å². The van der Waals surface area contributed by atoms with Crippen molar-refractivity contribution in [3.05, 3.63) is 0 Å². The Morgan fingerprint density at radius 1 is 0.471 bits per heavy atom. The Hall–Kier alpha value is -0.0800. The van der Waals surface area contributed by atoms with Gasteiger partial charge in [0.25, 0.3) is 0 Å². The zero-order chi connectivity index (χ0) is 11.5. The van der Waals surface area contributed by atoms with Gasteiger partial charge in [-0.2, -0.15) is 0 Å². The summed E-state index contributed by atoms with van der Waals surface area (Å²) < 4.78 is 0. The fourth-order valence-corrected chi connectivity index (χ4v) is 4.17. The average molecular weight is 236 g/mol. The van der Waals surface area contributed by atoms with Crippen molar-refractivity contribution in [2.24, 2.45) is 0 Å². The summed E-state index contributed by atoms with van der Waals surface area (Å²) in [5.41, 5.74) is 0. The normalized spacial score (nSPS) is 31.1. The van der Waals surface area contributed by atoms with Crippen LogP contribution < -0.4 is 0 Å². The summed E-state index contributed by atoms with van der Waals surface area (Å²) in [5.74, 6) is 0. The first kappa shape index (κ1) is 12.0. The van der Waals surface area contributed by atoms with Gasteiger partial charge in [-0.05, 0) is 64.7 Å². The Balaban J connectivity index is 1.46. The van der Waals surface area contributed by atoms with E-state index in [0.717, 1.165) is 12.1 Å². The van der Waals surface area contributed by atoms with E-state index in [-0.39, 0.29) is 0 Å². The van der Waals surface area contributed by atoms with Crippen LogP contribution in [-0.4, -0.2) is 48.1 Å². The topological polar surface area (TPSA) is 6.48 Å². The van der Waals surface area contributed by atoms with E-state index in [1.165, 1.54) is 84.0 Å². The molecule has 2 nitrogen and oxygen atoms in total. The molecular weight excluding hydrogens is 208 g/mol. The zero-order valence-electron chi connectivity index (χ0n) is 11.2. The second-order valence-electron chi connectivity index (χ2n) is 6.30. The molecule has 0 aromatic heterocycles. The SMILES string of the molecule is C1CCC(N2CCC(N3CCCC3)CC2)CC1. The number of hydrogen-bond acceptors (Lipinski definition) is 2. The second-order valence-corrected chi connectivity index (χ2v) is 6.30. The third-order valence-electron chi connectivity index (χ3n) is 5.25. The van der Waals surface area contributed by atoms with Crippen molar-refractivity contribution in [1.82, 2.24) is 9.80 Å². The van der Waals surface area contributed by atoms with Crippen LogP contribution in [0.2, 0.25) is 0 Å². The lowest BCUT2D eigenvalue weighted by Crippen LogP contribution is -2.47. The highest BCUT2D eigenvalue weighted by Crippen LogP contribution is 2.27. The maximum absolute atomic E-state index is 2.81. The molecule has 0 N–H and O–H groups in total. The van der Waals surface area contributed by atoms with Crippen LogP contribution in [-0.2, 0) is 0 Å². The molecule has 3 rings (SSSR count). The largest absolute Gasteiger partial charge is 0.300 e. The van der Waals surface area contributed by atoms with Crippen molar-refractivity contribution < 1.29 is 0 Å². The molecule has 0 amide bonds. The van der Waals surface area contributed by atoms with E-state index in [1.54, 1.807) is 0 Å². The highest BCUT2D eigenvalue weighted by Gasteiger charge is 2.29. The van der Waals surface area contributed by atoms with Gasteiger partial charge in [-0.3, -0.25) is 0 Å². The van der Waals surface area contributed by atoms with Crippen molar-refractivity contribution in [1.29, 1.82) is 0 Å². The predicted octanol–water partition coefficient (Wildman–Crippen LogP) is 2.88. The van der Waals surface area contributed by atoms with Gasteiger partial charge in [-0.15, -0.1) is 0 Å². The van der Waals surface area contributed by atoms with Crippen LogP contribution in [0.4, 0.5) is 0 Å². The van der Waals surface area contributed by atoms with E-state index < -0.39 is 0 Å². The molecule has 17 heavy (non-hydrogen) atoms. The van der Waals surface area contributed by atoms with Crippen molar-refractivity contribution in [3.63, 3.8) is 0 Å². The summed E-state index contributed by atoms with van der Waals surface area (Å²) in [6, 6.07) is 1.88. The fraction of sp³-hybridized carbons (Fsp3) is 1.00. The molecule has 0 unspecified atom stereocenters. The lowest BCUT2D eigenvalue weighted by atomic mass is 9.92. The van der Waals surface area contributed by atoms with E-state index in [1.807, 2.05) is 0 Å². The standard InChI is InChI=1S/C15H28N2/c1-2-6-14(7-3-1)17-12-8-15(9-13-17)16-10-4-5-11-16/h14-15H,1-13H2. The number of rotatable bonds is 2. The summed E-state index contributed by atoms with van der Waals surface area (Å²) >= 11 is 0. The molecule has 1 saturated carbocycles. The Morgan fingerprint density at radius 3 is 1.65 bits per heavy atom. The third kappa shape index (κ3) is 2.85. The van der Waals surface area contributed by atoms with Crippen LogP contribution >= 0.6 is 0 Å². The van der Waals surface area contributed by atoms with Gasteiger partial charge in [0.2, 0.25) is 0 Å². The van der Waals surface area contributed by atoms with Gasteiger partial charge in [0.1, 0.15) is 0 Å². The Morgan fingerprint density at radius 2 is 1.00 bits per heavy atom. The summed E-state index contributed by atoms with van der Waals surface area (Å²) in [6.07, 6.45) is 13.2. The van der Waals surface area contributed by atoms with Crippen LogP contribution in [0.1, 0.15) is 57.8 Å². The number of nitrogens with zero attached hydrogens (tertiary/aromatic N) is 2. The van der Waals surface area contributed by atoms with Crippen molar-refractivity contribution in [2.75, 3.05) is 26.2 Å². The molecule has 2 saturated heterocycles. The Kier molecular flexibility index (Phi) is 4.02. The average Bonchev–Trinajstić information content (AvgIpc) is 2.94. The first-order valence-electron chi connectivity index (χ1n) is 7.91. The van der Waals surface area contributed by atoms with Crippen LogP contribution in [0.5, 0.6) is 0 Å². The molecule has 98 valence electrons. The molecule has 2 heteroatoms. The van der Waals surface area contributed by atoms with Gasteiger partial charge >= 0.3 is 0 Å². The number of hydrogen-bond donors (Lipinski definition) is 0. The molecule has 0 spiro atoms. The zero-order valence-corrected chi connectivity index (χ0v) is 11.2. The van der Waals surface area contributed by atoms with E-state index >= 15 is 0 Å². The molecule has 1 aliphatic carbocycles. The summed E-state index contributed by atoms with van der Waals surface area (Å²) in [7, 11) is 0. The molecule has 0 atom stereocenters. The molecular formula is C15H28N2. The molecule has 3 fully saturated rings. The smallest absolute Gasteiger partial charge is 0.0120 e. The molecule has 0 bridgehead atoms. The molecule has 2 aliphatic heterocycles. The highest BCUT2D eigenvalue weighted by atomic mass is 15.2. The fourth-order valence-electron chi connectivity index (χ4n) is 4.17. The number of piperidine rings is 1. The van der Waals surface area contributed by atoms with E-state index in [2.05, 4.69) is 9.80 Å². The molecule has 3 aliphatic rings. The summed E-state index contributed by atoms with van der Waals surface area (Å²) in [5, 5.41) is 0. The summed E-state index contributed by atoms with van der Waals surface area (Å²) in [6.45, 7) is 5.53. The Bertz CT molecular complexity index is 221. The van der Waals surface area contributed by atoms with Gasteiger partial charge < -0.3 is 9.80 Å². The first-order chi connectivity index (χ1) is 8.43. The molecule has 0 aromatic rings. The lowest BCUT2D eigenvalue weighted by Gasteiger charge is -2.41. The van der Waals surface area contributed by atoms with Crippen LogP contribution in [0.3, 0.4) is 0 Å². The maximum Gasteiger partial charge on any atom is 0.0120 e. The van der Waals surface area contributed by atoms with Gasteiger partial charge in [0.15, 0.2) is 0 Å². The van der Waals surface area contributed by atoms with Crippen LogP contribution in [0.15, 0.2) is 0 Å². The van der Waals surface area contributed by atoms with E-state index in [0.29, 0.717) is 0 Å². The van der Waals surface area contributed by atoms with Gasteiger partial charge in [-0.25, -0.2) is 0 Å².